The van der Waals surface area contributed by atoms with Crippen LogP contribution in [0.5, 0.6) is 0 Å². The SMILES string of the molecule is COC(=O)C1C(O)CCCN1CC1CCCNC1. The summed E-state index contributed by atoms with van der Waals surface area (Å²) in [7, 11) is 1.39. The fourth-order valence-electron chi connectivity index (χ4n) is 3.09. The van der Waals surface area contributed by atoms with E-state index in [1.807, 2.05) is 0 Å². The van der Waals surface area contributed by atoms with Crippen molar-refractivity contribution in [2.24, 2.45) is 5.92 Å². The van der Waals surface area contributed by atoms with Crippen LogP contribution in [-0.4, -0.2) is 61.4 Å². The molecular weight excluding hydrogens is 232 g/mol. The molecule has 0 aromatic rings. The van der Waals surface area contributed by atoms with Crippen molar-refractivity contribution in [1.82, 2.24) is 10.2 Å². The van der Waals surface area contributed by atoms with Gasteiger partial charge in [-0.2, -0.15) is 0 Å². The van der Waals surface area contributed by atoms with Crippen molar-refractivity contribution < 1.29 is 14.6 Å². The summed E-state index contributed by atoms with van der Waals surface area (Å²) in [4.78, 5) is 13.9. The second kappa shape index (κ2) is 6.50. The molecule has 18 heavy (non-hydrogen) atoms. The van der Waals surface area contributed by atoms with Gasteiger partial charge < -0.3 is 15.2 Å². The van der Waals surface area contributed by atoms with Crippen molar-refractivity contribution in [3.63, 3.8) is 0 Å². The van der Waals surface area contributed by atoms with Crippen LogP contribution < -0.4 is 5.32 Å². The highest BCUT2D eigenvalue weighted by molar-refractivity contribution is 5.76. The molecule has 0 radical (unpaired) electrons. The van der Waals surface area contributed by atoms with Gasteiger partial charge in [-0.1, -0.05) is 0 Å². The second-order valence-corrected chi connectivity index (χ2v) is 5.38. The van der Waals surface area contributed by atoms with Crippen molar-refractivity contribution in [3.05, 3.63) is 0 Å². The number of piperidine rings is 2. The highest BCUT2D eigenvalue weighted by Crippen LogP contribution is 2.22. The van der Waals surface area contributed by atoms with Crippen LogP contribution >= 0.6 is 0 Å². The Bertz CT molecular complexity index is 279. The molecular formula is C13H24N2O3. The van der Waals surface area contributed by atoms with Gasteiger partial charge >= 0.3 is 5.97 Å². The minimum atomic E-state index is -0.581. The lowest BCUT2D eigenvalue weighted by Crippen LogP contribution is -2.55. The molecule has 2 aliphatic heterocycles. The fourth-order valence-corrected chi connectivity index (χ4v) is 3.09. The number of rotatable bonds is 3. The molecule has 0 amide bonds. The number of likely N-dealkylation sites (tertiary alicyclic amines) is 1. The van der Waals surface area contributed by atoms with Gasteiger partial charge in [0.15, 0.2) is 0 Å². The Balaban J connectivity index is 1.96. The lowest BCUT2D eigenvalue weighted by molar-refractivity contribution is -0.154. The van der Waals surface area contributed by atoms with Crippen LogP contribution in [0, 0.1) is 5.92 Å². The Morgan fingerprint density at radius 1 is 1.44 bits per heavy atom. The van der Waals surface area contributed by atoms with Gasteiger partial charge in [-0.15, -0.1) is 0 Å². The molecule has 2 fully saturated rings. The van der Waals surface area contributed by atoms with E-state index in [4.69, 9.17) is 4.74 Å². The van der Waals surface area contributed by atoms with E-state index in [2.05, 4.69) is 10.2 Å². The molecule has 3 atom stereocenters. The van der Waals surface area contributed by atoms with Crippen LogP contribution in [0.15, 0.2) is 0 Å². The van der Waals surface area contributed by atoms with E-state index < -0.39 is 12.1 Å². The highest BCUT2D eigenvalue weighted by atomic mass is 16.5. The van der Waals surface area contributed by atoms with Gasteiger partial charge in [0.2, 0.25) is 0 Å². The first-order valence-electron chi connectivity index (χ1n) is 6.93. The molecule has 2 aliphatic rings. The predicted octanol–water partition coefficient (Wildman–Crippen LogP) is -0.0157. The Morgan fingerprint density at radius 3 is 2.94 bits per heavy atom. The first kappa shape index (κ1) is 13.8. The quantitative estimate of drug-likeness (QED) is 0.695. The van der Waals surface area contributed by atoms with Crippen molar-refractivity contribution in [2.45, 2.75) is 37.8 Å². The first-order chi connectivity index (χ1) is 8.72. The number of nitrogens with one attached hydrogen (secondary N) is 1. The first-order valence-corrected chi connectivity index (χ1v) is 6.93. The number of carbonyl (C=O) groups excluding carboxylic acids is 1. The molecule has 0 aromatic heterocycles. The molecule has 0 aliphatic carbocycles. The molecule has 2 heterocycles. The van der Waals surface area contributed by atoms with E-state index in [1.165, 1.54) is 20.0 Å². The van der Waals surface area contributed by atoms with Gasteiger partial charge in [0.25, 0.3) is 0 Å². The average Bonchev–Trinajstić information content (AvgIpc) is 2.39. The highest BCUT2D eigenvalue weighted by Gasteiger charge is 2.37. The van der Waals surface area contributed by atoms with E-state index in [0.717, 1.165) is 32.6 Å². The van der Waals surface area contributed by atoms with Crippen LogP contribution in [0.1, 0.15) is 25.7 Å². The molecule has 0 aromatic carbocycles. The zero-order valence-electron chi connectivity index (χ0n) is 11.1. The fraction of sp³-hybridized carbons (Fsp3) is 0.923. The van der Waals surface area contributed by atoms with E-state index in [-0.39, 0.29) is 5.97 Å². The van der Waals surface area contributed by atoms with Gasteiger partial charge in [-0.3, -0.25) is 9.69 Å². The van der Waals surface area contributed by atoms with Gasteiger partial charge in [0.1, 0.15) is 6.04 Å². The van der Waals surface area contributed by atoms with Gasteiger partial charge in [-0.25, -0.2) is 0 Å². The molecule has 5 heteroatoms. The standard InChI is InChI=1S/C13H24N2O3/c1-18-13(17)12-11(16)5-3-7-15(12)9-10-4-2-6-14-8-10/h10-12,14,16H,2-9H2,1H3. The Labute approximate surface area is 108 Å². The van der Waals surface area contributed by atoms with Crippen molar-refractivity contribution in [1.29, 1.82) is 0 Å². The third kappa shape index (κ3) is 3.22. The van der Waals surface area contributed by atoms with Gasteiger partial charge in [-0.05, 0) is 51.2 Å². The van der Waals surface area contributed by atoms with Crippen LogP contribution in [0.3, 0.4) is 0 Å². The molecule has 104 valence electrons. The summed E-state index contributed by atoms with van der Waals surface area (Å²) in [5.74, 6) is 0.280. The maximum atomic E-state index is 11.8. The molecule has 3 unspecified atom stereocenters. The molecule has 0 bridgehead atoms. The average molecular weight is 256 g/mol. The van der Waals surface area contributed by atoms with Crippen LogP contribution in [-0.2, 0) is 9.53 Å². The summed E-state index contributed by atoms with van der Waals surface area (Å²) >= 11 is 0. The lowest BCUT2D eigenvalue weighted by atomic mass is 9.94. The zero-order chi connectivity index (χ0) is 13.0. The molecule has 5 nitrogen and oxygen atoms in total. The zero-order valence-corrected chi connectivity index (χ0v) is 11.1. The normalized spacial score (nSPS) is 34.2. The summed E-state index contributed by atoms with van der Waals surface area (Å²) in [6.07, 6.45) is 3.47. The third-order valence-electron chi connectivity index (χ3n) is 4.04. The smallest absolute Gasteiger partial charge is 0.325 e. The number of esters is 1. The van der Waals surface area contributed by atoms with Crippen LogP contribution in [0.2, 0.25) is 0 Å². The third-order valence-corrected chi connectivity index (χ3v) is 4.04. The second-order valence-electron chi connectivity index (χ2n) is 5.38. The summed E-state index contributed by atoms with van der Waals surface area (Å²) < 4.78 is 4.82. The maximum Gasteiger partial charge on any atom is 0.325 e. The minimum absolute atomic E-state index is 0.300. The number of aliphatic hydroxyl groups is 1. The number of methoxy groups -OCH3 is 1. The topological polar surface area (TPSA) is 61.8 Å². The largest absolute Gasteiger partial charge is 0.468 e. The van der Waals surface area contributed by atoms with E-state index in [0.29, 0.717) is 12.3 Å². The molecule has 0 spiro atoms. The van der Waals surface area contributed by atoms with E-state index >= 15 is 0 Å². The molecule has 0 saturated carbocycles. The Kier molecular flexibility index (Phi) is 4.97. The number of hydrogen-bond donors (Lipinski definition) is 2. The number of hydrogen-bond acceptors (Lipinski definition) is 5. The van der Waals surface area contributed by atoms with E-state index in [9.17, 15) is 9.90 Å². The van der Waals surface area contributed by atoms with Crippen molar-refractivity contribution in [2.75, 3.05) is 33.3 Å². The Hall–Kier alpha value is -0.650. The monoisotopic (exact) mass is 256 g/mol. The maximum absolute atomic E-state index is 11.8. The summed E-state index contributed by atoms with van der Waals surface area (Å²) in [5.41, 5.74) is 0. The number of ether oxygens (including phenoxy) is 1. The van der Waals surface area contributed by atoms with Gasteiger partial charge in [0, 0.05) is 6.54 Å². The number of nitrogens with zero attached hydrogens (tertiary/aromatic N) is 1. The van der Waals surface area contributed by atoms with Gasteiger partial charge in [0.05, 0.1) is 13.2 Å². The van der Waals surface area contributed by atoms with Crippen molar-refractivity contribution >= 4 is 5.97 Å². The minimum Gasteiger partial charge on any atom is -0.468 e. The van der Waals surface area contributed by atoms with Crippen molar-refractivity contribution in [3.8, 4) is 0 Å². The predicted molar refractivity (Wildman–Crippen MR) is 68.2 cm³/mol. The number of aliphatic hydroxyl groups excluding tert-OH is 1. The molecule has 2 saturated heterocycles. The summed E-state index contributed by atoms with van der Waals surface area (Å²) in [5, 5.41) is 13.4. The Morgan fingerprint density at radius 2 is 2.28 bits per heavy atom. The lowest BCUT2D eigenvalue weighted by Gasteiger charge is -2.39. The molecule has 2 rings (SSSR count). The summed E-state index contributed by atoms with van der Waals surface area (Å²) in [6.45, 7) is 3.87. The van der Waals surface area contributed by atoms with Crippen LogP contribution in [0.4, 0.5) is 0 Å². The molecule has 2 N–H and O–H groups in total. The van der Waals surface area contributed by atoms with Crippen LogP contribution in [0.25, 0.3) is 0 Å². The van der Waals surface area contributed by atoms with E-state index in [1.54, 1.807) is 0 Å². The summed E-state index contributed by atoms with van der Waals surface area (Å²) in [6, 6.07) is -0.467. The number of carbonyl (C=O) groups is 1.